The molecule has 1 aliphatic rings. The summed E-state index contributed by atoms with van der Waals surface area (Å²) in [5, 5.41) is 16.0. The molecular formula is C21H27F2IN4O. The number of phenols is 1. The van der Waals surface area contributed by atoms with Gasteiger partial charge in [0.15, 0.2) is 5.96 Å². The number of halogens is 3. The quantitative estimate of drug-likeness (QED) is 0.238. The number of hydrogen-bond acceptors (Lipinski definition) is 3. The maximum absolute atomic E-state index is 14.0. The highest BCUT2D eigenvalue weighted by Gasteiger charge is 2.25. The van der Waals surface area contributed by atoms with E-state index in [1.165, 1.54) is 17.7 Å². The van der Waals surface area contributed by atoms with E-state index in [-0.39, 0.29) is 35.8 Å². The Bertz CT molecular complexity index is 817. The van der Waals surface area contributed by atoms with E-state index in [2.05, 4.69) is 15.6 Å². The zero-order valence-electron chi connectivity index (χ0n) is 16.4. The fraction of sp³-hybridized carbons (Fsp3) is 0.381. The van der Waals surface area contributed by atoms with Crippen LogP contribution in [0.3, 0.4) is 0 Å². The van der Waals surface area contributed by atoms with Crippen molar-refractivity contribution in [1.82, 2.24) is 10.6 Å². The second-order valence-electron chi connectivity index (χ2n) is 6.94. The molecular weight excluding hydrogens is 489 g/mol. The molecule has 0 bridgehead atoms. The first kappa shape index (κ1) is 23.2. The average Bonchev–Trinajstić information content (AvgIpc) is 3.13. The first-order valence-electron chi connectivity index (χ1n) is 9.50. The molecule has 0 aromatic heterocycles. The third-order valence-electron chi connectivity index (χ3n) is 4.87. The zero-order valence-corrected chi connectivity index (χ0v) is 18.7. The molecule has 5 nitrogen and oxygen atoms in total. The van der Waals surface area contributed by atoms with Crippen LogP contribution in [0.4, 0.5) is 14.5 Å². The number of phenolic OH excluding ortho intramolecular Hbond substituents is 1. The molecule has 3 N–H and O–H groups in total. The molecule has 3 rings (SSSR count). The Morgan fingerprint density at radius 1 is 1.21 bits per heavy atom. The molecule has 2 aromatic rings. The lowest BCUT2D eigenvalue weighted by Gasteiger charge is -2.21. The Morgan fingerprint density at radius 3 is 2.66 bits per heavy atom. The maximum Gasteiger partial charge on any atom is 0.191 e. The lowest BCUT2D eigenvalue weighted by Crippen LogP contribution is -2.45. The van der Waals surface area contributed by atoms with Crippen LogP contribution in [-0.4, -0.2) is 43.8 Å². The van der Waals surface area contributed by atoms with Crippen LogP contribution in [0.15, 0.2) is 47.5 Å². The van der Waals surface area contributed by atoms with Gasteiger partial charge in [0.25, 0.3) is 0 Å². The molecule has 1 aliphatic heterocycles. The van der Waals surface area contributed by atoms with Crippen LogP contribution >= 0.6 is 24.0 Å². The minimum Gasteiger partial charge on any atom is -0.508 e. The average molecular weight is 516 g/mol. The molecule has 1 fully saturated rings. The molecule has 1 heterocycles. The third-order valence-corrected chi connectivity index (χ3v) is 4.87. The summed E-state index contributed by atoms with van der Waals surface area (Å²) in [7, 11) is 1.72. The molecule has 1 saturated heterocycles. The summed E-state index contributed by atoms with van der Waals surface area (Å²) < 4.78 is 27.1. The zero-order chi connectivity index (χ0) is 19.9. The molecule has 158 valence electrons. The number of guanidine groups is 1. The number of nitrogens with zero attached hydrogens (tertiary/aromatic N) is 2. The fourth-order valence-electron chi connectivity index (χ4n) is 3.38. The Hall–Kier alpha value is -2.10. The maximum atomic E-state index is 14.0. The Morgan fingerprint density at radius 2 is 1.97 bits per heavy atom. The normalized spacial score (nSPS) is 16.4. The van der Waals surface area contributed by atoms with Gasteiger partial charge in [-0.1, -0.05) is 12.1 Å². The molecule has 0 amide bonds. The van der Waals surface area contributed by atoms with Crippen molar-refractivity contribution in [2.75, 3.05) is 31.6 Å². The van der Waals surface area contributed by atoms with E-state index in [0.717, 1.165) is 37.8 Å². The summed E-state index contributed by atoms with van der Waals surface area (Å²) in [5.74, 6) is -0.0980. The highest BCUT2D eigenvalue weighted by atomic mass is 127. The van der Waals surface area contributed by atoms with Crippen LogP contribution in [0.5, 0.6) is 5.75 Å². The molecule has 0 aliphatic carbocycles. The molecule has 29 heavy (non-hydrogen) atoms. The Labute approximate surface area is 187 Å². The van der Waals surface area contributed by atoms with Crippen LogP contribution < -0.4 is 15.5 Å². The number of benzene rings is 2. The van der Waals surface area contributed by atoms with Crippen molar-refractivity contribution in [2.24, 2.45) is 4.99 Å². The van der Waals surface area contributed by atoms with Crippen LogP contribution in [0, 0.1) is 11.6 Å². The summed E-state index contributed by atoms with van der Waals surface area (Å²) in [4.78, 5) is 6.17. The molecule has 8 heteroatoms. The van der Waals surface area contributed by atoms with Gasteiger partial charge in [-0.25, -0.2) is 8.78 Å². The SMILES string of the molecule is CN=C(NCCCc1ccc(O)cc1)NC1CCN(c2ccc(F)cc2F)C1.I. The standard InChI is InChI=1S/C21H26F2N4O.HI/c1-24-21(25-11-2-3-15-4-7-18(28)8-5-15)26-17-10-12-27(14-17)20-9-6-16(22)13-19(20)23;/h4-9,13,17,28H,2-3,10-12,14H2,1H3,(H2,24,25,26);1H. The fourth-order valence-corrected chi connectivity index (χ4v) is 3.38. The van der Waals surface area contributed by atoms with Gasteiger partial charge in [0.1, 0.15) is 17.4 Å². The number of aryl methyl sites for hydroxylation is 1. The van der Waals surface area contributed by atoms with Crippen molar-refractivity contribution < 1.29 is 13.9 Å². The van der Waals surface area contributed by atoms with Gasteiger partial charge >= 0.3 is 0 Å². The van der Waals surface area contributed by atoms with Gasteiger partial charge in [0.05, 0.1) is 5.69 Å². The van der Waals surface area contributed by atoms with E-state index < -0.39 is 11.6 Å². The molecule has 0 spiro atoms. The van der Waals surface area contributed by atoms with E-state index in [1.54, 1.807) is 19.2 Å². The van der Waals surface area contributed by atoms with Crippen LogP contribution in [0.25, 0.3) is 0 Å². The van der Waals surface area contributed by atoms with Crippen LogP contribution in [-0.2, 0) is 6.42 Å². The second kappa shape index (κ2) is 11.2. The summed E-state index contributed by atoms with van der Waals surface area (Å²) in [5.41, 5.74) is 1.61. The molecule has 1 atom stereocenters. The summed E-state index contributed by atoms with van der Waals surface area (Å²) in [6, 6.07) is 11.1. The number of anilines is 1. The highest BCUT2D eigenvalue weighted by Crippen LogP contribution is 2.24. The lowest BCUT2D eigenvalue weighted by atomic mass is 10.1. The van der Waals surface area contributed by atoms with Crippen molar-refractivity contribution in [3.63, 3.8) is 0 Å². The van der Waals surface area contributed by atoms with Gasteiger partial charge in [-0.2, -0.15) is 0 Å². The molecule has 1 unspecified atom stereocenters. The predicted octanol–water partition coefficient (Wildman–Crippen LogP) is 3.66. The van der Waals surface area contributed by atoms with Crippen molar-refractivity contribution in [3.05, 3.63) is 59.7 Å². The first-order valence-corrected chi connectivity index (χ1v) is 9.50. The monoisotopic (exact) mass is 516 g/mol. The molecule has 0 saturated carbocycles. The van der Waals surface area contributed by atoms with Gasteiger partial charge in [-0.15, -0.1) is 24.0 Å². The van der Waals surface area contributed by atoms with Gasteiger partial charge < -0.3 is 20.6 Å². The Balaban J connectivity index is 0.00000300. The van der Waals surface area contributed by atoms with Crippen LogP contribution in [0.1, 0.15) is 18.4 Å². The number of hydrogen-bond donors (Lipinski definition) is 3. The number of aliphatic imine (C=N–C) groups is 1. The Kier molecular flexibility index (Phi) is 8.94. The second-order valence-corrected chi connectivity index (χ2v) is 6.94. The van der Waals surface area contributed by atoms with Gasteiger partial charge in [0, 0.05) is 38.8 Å². The molecule has 0 radical (unpaired) electrons. The summed E-state index contributed by atoms with van der Waals surface area (Å²) >= 11 is 0. The smallest absolute Gasteiger partial charge is 0.191 e. The minimum atomic E-state index is -0.563. The summed E-state index contributed by atoms with van der Waals surface area (Å²) in [6.07, 6.45) is 2.69. The van der Waals surface area contributed by atoms with E-state index in [0.29, 0.717) is 18.8 Å². The van der Waals surface area contributed by atoms with Crippen molar-refractivity contribution in [3.8, 4) is 5.75 Å². The number of rotatable bonds is 6. The van der Waals surface area contributed by atoms with E-state index in [1.807, 2.05) is 17.0 Å². The summed E-state index contributed by atoms with van der Waals surface area (Å²) in [6.45, 7) is 2.11. The lowest BCUT2D eigenvalue weighted by molar-refractivity contribution is 0.475. The first-order chi connectivity index (χ1) is 13.5. The van der Waals surface area contributed by atoms with Crippen molar-refractivity contribution in [2.45, 2.75) is 25.3 Å². The van der Waals surface area contributed by atoms with Gasteiger partial charge in [-0.05, 0) is 49.1 Å². The van der Waals surface area contributed by atoms with Gasteiger partial charge in [0.2, 0.25) is 0 Å². The van der Waals surface area contributed by atoms with E-state index in [4.69, 9.17) is 0 Å². The van der Waals surface area contributed by atoms with E-state index >= 15 is 0 Å². The largest absolute Gasteiger partial charge is 0.508 e. The van der Waals surface area contributed by atoms with Crippen molar-refractivity contribution in [1.29, 1.82) is 0 Å². The van der Waals surface area contributed by atoms with Crippen molar-refractivity contribution >= 4 is 35.6 Å². The predicted molar refractivity (Wildman–Crippen MR) is 123 cm³/mol. The number of aromatic hydroxyl groups is 1. The molecule has 2 aromatic carbocycles. The van der Waals surface area contributed by atoms with Gasteiger partial charge in [-0.3, -0.25) is 4.99 Å². The minimum absolute atomic E-state index is 0. The number of nitrogens with one attached hydrogen (secondary N) is 2. The highest BCUT2D eigenvalue weighted by molar-refractivity contribution is 14.0. The van der Waals surface area contributed by atoms with E-state index in [9.17, 15) is 13.9 Å². The van der Waals surface area contributed by atoms with Crippen LogP contribution in [0.2, 0.25) is 0 Å². The third kappa shape index (κ3) is 6.73. The topological polar surface area (TPSA) is 59.9 Å².